The molecule has 0 aliphatic rings. The van der Waals surface area contributed by atoms with Gasteiger partial charge in [0.1, 0.15) is 0 Å². The number of nitrogen functional groups attached to an aromatic ring is 1. The molecule has 0 amide bonds. The first kappa shape index (κ1) is 9.05. The van der Waals surface area contributed by atoms with Crippen LogP contribution < -0.4 is 5.73 Å². The number of carbonyl (C=O) groups excluding carboxylic acids is 1. The number of aldehydes is 1. The van der Waals surface area contributed by atoms with Gasteiger partial charge in [-0.2, -0.15) is 13.2 Å². The number of nitrogens with two attached hydrogens (primary N) is 1. The SMILES string of the molecule is Nc1sc(C=O)cc1C(F)(F)F. The Bertz CT molecular complexity index is 304. The maximum Gasteiger partial charge on any atom is 0.419 e. The molecule has 66 valence electrons. The molecule has 0 aromatic carbocycles. The monoisotopic (exact) mass is 195 g/mol. The average molecular weight is 195 g/mol. The summed E-state index contributed by atoms with van der Waals surface area (Å²) in [7, 11) is 0. The summed E-state index contributed by atoms with van der Waals surface area (Å²) in [5, 5.41) is -0.371. The van der Waals surface area contributed by atoms with Crippen LogP contribution >= 0.6 is 11.3 Å². The van der Waals surface area contributed by atoms with Gasteiger partial charge in [-0.25, -0.2) is 0 Å². The molecule has 0 aliphatic heterocycles. The number of rotatable bonds is 1. The Kier molecular flexibility index (Phi) is 2.10. The van der Waals surface area contributed by atoms with Crippen LogP contribution in [0.1, 0.15) is 15.2 Å². The Labute approximate surface area is 69.8 Å². The van der Waals surface area contributed by atoms with E-state index in [-0.39, 0.29) is 9.88 Å². The van der Waals surface area contributed by atoms with E-state index >= 15 is 0 Å². The summed E-state index contributed by atoms with van der Waals surface area (Å²) in [5.74, 6) is 0. The molecule has 0 fully saturated rings. The van der Waals surface area contributed by atoms with Crippen LogP contribution in [0.4, 0.5) is 18.2 Å². The van der Waals surface area contributed by atoms with Gasteiger partial charge in [0.2, 0.25) is 0 Å². The molecule has 0 bridgehead atoms. The fourth-order valence-corrected chi connectivity index (χ4v) is 1.47. The lowest BCUT2D eigenvalue weighted by molar-refractivity contribution is -0.136. The molecular formula is C6H4F3NOS. The minimum Gasteiger partial charge on any atom is -0.390 e. The van der Waals surface area contributed by atoms with E-state index in [0.717, 1.165) is 6.07 Å². The molecule has 0 spiro atoms. The standard InChI is InChI=1S/C6H4F3NOS/c7-6(8,9)4-1-3(2-11)12-5(4)10/h1-2H,10H2. The predicted octanol–water partition coefficient (Wildman–Crippen LogP) is 2.16. The van der Waals surface area contributed by atoms with Crippen LogP contribution in [-0.2, 0) is 6.18 Å². The largest absolute Gasteiger partial charge is 0.419 e. The van der Waals surface area contributed by atoms with Crippen LogP contribution in [0.15, 0.2) is 6.07 Å². The smallest absolute Gasteiger partial charge is 0.390 e. The molecule has 12 heavy (non-hydrogen) atoms. The third kappa shape index (κ3) is 1.58. The molecule has 1 aromatic rings. The molecule has 1 heterocycles. The van der Waals surface area contributed by atoms with Gasteiger partial charge in [0.15, 0.2) is 6.29 Å². The molecule has 0 aliphatic carbocycles. The summed E-state index contributed by atoms with van der Waals surface area (Å²) in [6.45, 7) is 0. The van der Waals surface area contributed by atoms with Crippen LogP contribution in [0.5, 0.6) is 0 Å². The second kappa shape index (κ2) is 2.78. The lowest BCUT2D eigenvalue weighted by Gasteiger charge is -2.02. The first-order valence-corrected chi connectivity index (χ1v) is 3.68. The molecule has 0 saturated carbocycles. The lowest BCUT2D eigenvalue weighted by atomic mass is 10.3. The fraction of sp³-hybridized carbons (Fsp3) is 0.167. The van der Waals surface area contributed by atoms with Gasteiger partial charge in [0.05, 0.1) is 15.4 Å². The van der Waals surface area contributed by atoms with E-state index in [1.54, 1.807) is 0 Å². The van der Waals surface area contributed by atoms with E-state index in [0.29, 0.717) is 17.6 Å². The number of alkyl halides is 3. The molecule has 2 nitrogen and oxygen atoms in total. The number of halogens is 3. The van der Waals surface area contributed by atoms with Crippen LogP contribution in [-0.4, -0.2) is 6.29 Å². The van der Waals surface area contributed by atoms with E-state index in [1.807, 2.05) is 0 Å². The van der Waals surface area contributed by atoms with Crippen molar-refractivity contribution in [2.24, 2.45) is 0 Å². The number of carbonyl (C=O) groups is 1. The summed E-state index contributed by atoms with van der Waals surface area (Å²) >= 11 is 0.631. The number of hydrogen-bond acceptors (Lipinski definition) is 3. The van der Waals surface area contributed by atoms with Gasteiger partial charge >= 0.3 is 6.18 Å². The zero-order chi connectivity index (χ0) is 9.35. The highest BCUT2D eigenvalue weighted by Gasteiger charge is 2.34. The molecule has 6 heteroatoms. The molecular weight excluding hydrogens is 191 g/mol. The Morgan fingerprint density at radius 1 is 1.50 bits per heavy atom. The predicted molar refractivity (Wildman–Crippen MR) is 39.1 cm³/mol. The van der Waals surface area contributed by atoms with Crippen molar-refractivity contribution >= 4 is 22.6 Å². The van der Waals surface area contributed by atoms with Crippen molar-refractivity contribution in [2.75, 3.05) is 5.73 Å². The van der Waals surface area contributed by atoms with Crippen molar-refractivity contribution in [3.8, 4) is 0 Å². The fourth-order valence-electron chi connectivity index (χ4n) is 0.704. The number of anilines is 1. The zero-order valence-corrected chi connectivity index (χ0v) is 6.50. The van der Waals surface area contributed by atoms with Crippen LogP contribution in [0, 0.1) is 0 Å². The second-order valence-electron chi connectivity index (χ2n) is 2.04. The van der Waals surface area contributed by atoms with Crippen molar-refractivity contribution < 1.29 is 18.0 Å². The third-order valence-corrected chi connectivity index (χ3v) is 2.09. The van der Waals surface area contributed by atoms with Gasteiger partial charge < -0.3 is 5.73 Å². The molecule has 0 radical (unpaired) electrons. The Balaban J connectivity index is 3.16. The zero-order valence-electron chi connectivity index (χ0n) is 5.68. The summed E-state index contributed by atoms with van der Waals surface area (Å²) in [6.07, 6.45) is -4.13. The van der Waals surface area contributed by atoms with E-state index < -0.39 is 11.7 Å². The Morgan fingerprint density at radius 3 is 2.33 bits per heavy atom. The molecule has 0 unspecified atom stereocenters. The van der Waals surface area contributed by atoms with Gasteiger partial charge in [-0.1, -0.05) is 0 Å². The van der Waals surface area contributed by atoms with Crippen molar-refractivity contribution in [3.63, 3.8) is 0 Å². The first-order valence-electron chi connectivity index (χ1n) is 2.87. The Morgan fingerprint density at radius 2 is 2.08 bits per heavy atom. The summed E-state index contributed by atoms with van der Waals surface area (Å²) in [4.78, 5) is 10.1. The highest BCUT2D eigenvalue weighted by atomic mass is 32.1. The molecule has 0 saturated heterocycles. The quantitative estimate of drug-likeness (QED) is 0.698. The van der Waals surface area contributed by atoms with E-state index in [1.165, 1.54) is 0 Å². The summed E-state index contributed by atoms with van der Waals surface area (Å²) in [5.41, 5.74) is 4.11. The molecule has 1 rings (SSSR count). The summed E-state index contributed by atoms with van der Waals surface area (Å²) < 4.78 is 36.0. The van der Waals surface area contributed by atoms with E-state index in [9.17, 15) is 18.0 Å². The highest BCUT2D eigenvalue weighted by molar-refractivity contribution is 7.17. The van der Waals surface area contributed by atoms with Gasteiger partial charge in [-0.05, 0) is 6.07 Å². The van der Waals surface area contributed by atoms with E-state index in [2.05, 4.69) is 0 Å². The van der Waals surface area contributed by atoms with Crippen molar-refractivity contribution in [2.45, 2.75) is 6.18 Å². The highest BCUT2D eigenvalue weighted by Crippen LogP contribution is 2.37. The van der Waals surface area contributed by atoms with Crippen molar-refractivity contribution in [3.05, 3.63) is 16.5 Å². The second-order valence-corrected chi connectivity index (χ2v) is 3.16. The Hall–Kier alpha value is -1.04. The van der Waals surface area contributed by atoms with Crippen LogP contribution in [0.2, 0.25) is 0 Å². The van der Waals surface area contributed by atoms with Gasteiger partial charge in [-0.3, -0.25) is 4.79 Å². The van der Waals surface area contributed by atoms with Crippen LogP contribution in [0.3, 0.4) is 0 Å². The minimum absolute atomic E-state index is 0.0141. The minimum atomic E-state index is -4.47. The summed E-state index contributed by atoms with van der Waals surface area (Å²) in [6, 6.07) is 0.743. The van der Waals surface area contributed by atoms with Gasteiger partial charge in [-0.15, -0.1) is 11.3 Å². The van der Waals surface area contributed by atoms with Crippen molar-refractivity contribution in [1.82, 2.24) is 0 Å². The number of hydrogen-bond donors (Lipinski definition) is 1. The third-order valence-electron chi connectivity index (χ3n) is 1.20. The average Bonchev–Trinajstić information content (AvgIpc) is 2.29. The van der Waals surface area contributed by atoms with Crippen molar-refractivity contribution in [1.29, 1.82) is 0 Å². The van der Waals surface area contributed by atoms with Crippen LogP contribution in [0.25, 0.3) is 0 Å². The molecule has 2 N–H and O–H groups in total. The maximum atomic E-state index is 12.0. The number of thiophene rings is 1. The first-order chi connectivity index (χ1) is 5.45. The molecule has 1 aromatic heterocycles. The lowest BCUT2D eigenvalue weighted by Crippen LogP contribution is -2.05. The maximum absolute atomic E-state index is 12.0. The van der Waals surface area contributed by atoms with Gasteiger partial charge in [0, 0.05) is 0 Å². The van der Waals surface area contributed by atoms with Gasteiger partial charge in [0.25, 0.3) is 0 Å². The normalized spacial score (nSPS) is 11.6. The topological polar surface area (TPSA) is 43.1 Å². The molecule has 0 atom stereocenters. The van der Waals surface area contributed by atoms with E-state index in [4.69, 9.17) is 5.73 Å².